The molecule has 6 nitrogen and oxygen atoms in total. The lowest BCUT2D eigenvalue weighted by Crippen LogP contribution is -2.32. The number of hydrogen-bond donors (Lipinski definition) is 4. The van der Waals surface area contributed by atoms with Gasteiger partial charge in [-0.1, -0.05) is 24.3 Å². The molecule has 0 aromatic heterocycles. The molecule has 6 heteroatoms. The summed E-state index contributed by atoms with van der Waals surface area (Å²) in [5, 5.41) is 17.3. The van der Waals surface area contributed by atoms with E-state index in [-0.39, 0.29) is 12.8 Å². The van der Waals surface area contributed by atoms with E-state index in [1.54, 1.807) is 24.3 Å². The molecule has 1 rings (SSSR count). The average Bonchev–Trinajstić information content (AvgIpc) is 2.31. The fraction of sp³-hybridized carbons (Fsp3) is 0.333. The van der Waals surface area contributed by atoms with Crippen LogP contribution in [0.3, 0.4) is 0 Å². The van der Waals surface area contributed by atoms with Gasteiger partial charge < -0.3 is 21.7 Å². The largest absolute Gasteiger partial charge is 0.480 e. The van der Waals surface area contributed by atoms with Gasteiger partial charge in [0, 0.05) is 0 Å². The smallest absolute Gasteiger partial charge is 0.320 e. The third-order valence-electron chi connectivity index (χ3n) is 2.57. The highest BCUT2D eigenvalue weighted by Gasteiger charge is 2.13. The van der Waals surface area contributed by atoms with Crippen molar-refractivity contribution in [2.24, 2.45) is 11.5 Å². The van der Waals surface area contributed by atoms with Crippen molar-refractivity contribution in [3.8, 4) is 0 Å². The summed E-state index contributed by atoms with van der Waals surface area (Å²) < 4.78 is 0. The molecule has 2 unspecified atom stereocenters. The molecular weight excluding hydrogens is 236 g/mol. The number of rotatable bonds is 6. The van der Waals surface area contributed by atoms with Crippen LogP contribution in [0.1, 0.15) is 11.1 Å². The van der Waals surface area contributed by atoms with Crippen LogP contribution in [0.4, 0.5) is 0 Å². The van der Waals surface area contributed by atoms with Gasteiger partial charge in [-0.25, -0.2) is 0 Å². The predicted molar refractivity (Wildman–Crippen MR) is 65.1 cm³/mol. The van der Waals surface area contributed by atoms with Crippen molar-refractivity contribution >= 4 is 11.9 Å². The van der Waals surface area contributed by atoms with Gasteiger partial charge in [0.15, 0.2) is 0 Å². The molecule has 0 spiro atoms. The highest BCUT2D eigenvalue weighted by molar-refractivity contribution is 5.74. The Labute approximate surface area is 104 Å². The minimum atomic E-state index is -1.05. The molecule has 18 heavy (non-hydrogen) atoms. The van der Waals surface area contributed by atoms with Gasteiger partial charge in [0.05, 0.1) is 0 Å². The van der Waals surface area contributed by atoms with Crippen molar-refractivity contribution in [2.75, 3.05) is 0 Å². The molecule has 1 aromatic rings. The van der Waals surface area contributed by atoms with Crippen molar-refractivity contribution in [1.29, 1.82) is 0 Å². The molecule has 98 valence electrons. The van der Waals surface area contributed by atoms with Gasteiger partial charge in [0.2, 0.25) is 0 Å². The number of hydrogen-bond acceptors (Lipinski definition) is 4. The first-order valence-electron chi connectivity index (χ1n) is 5.44. The zero-order chi connectivity index (χ0) is 13.7. The van der Waals surface area contributed by atoms with Crippen molar-refractivity contribution in [2.45, 2.75) is 24.9 Å². The maximum atomic E-state index is 10.6. The fourth-order valence-electron chi connectivity index (χ4n) is 1.49. The van der Waals surface area contributed by atoms with Gasteiger partial charge in [0.25, 0.3) is 0 Å². The molecule has 0 aliphatic heterocycles. The second kappa shape index (κ2) is 6.13. The Balaban J connectivity index is 2.63. The van der Waals surface area contributed by atoms with Gasteiger partial charge in [-0.3, -0.25) is 9.59 Å². The van der Waals surface area contributed by atoms with Crippen LogP contribution in [-0.2, 0) is 22.4 Å². The number of aliphatic carboxylic acids is 2. The summed E-state index contributed by atoms with van der Waals surface area (Å²) in [4.78, 5) is 21.2. The first kappa shape index (κ1) is 14.1. The van der Waals surface area contributed by atoms with E-state index in [4.69, 9.17) is 21.7 Å². The average molecular weight is 252 g/mol. The maximum absolute atomic E-state index is 10.6. The van der Waals surface area contributed by atoms with E-state index in [2.05, 4.69) is 0 Å². The summed E-state index contributed by atoms with van der Waals surface area (Å²) in [5.74, 6) is -2.10. The van der Waals surface area contributed by atoms with E-state index in [1.807, 2.05) is 0 Å². The normalized spacial score (nSPS) is 13.9. The molecule has 6 N–H and O–H groups in total. The highest BCUT2D eigenvalue weighted by atomic mass is 16.4. The lowest BCUT2D eigenvalue weighted by atomic mass is 10.0. The van der Waals surface area contributed by atoms with Crippen LogP contribution < -0.4 is 11.5 Å². The van der Waals surface area contributed by atoms with Gasteiger partial charge in [0.1, 0.15) is 12.1 Å². The quantitative estimate of drug-likeness (QED) is 0.545. The van der Waals surface area contributed by atoms with E-state index in [9.17, 15) is 9.59 Å². The molecule has 0 saturated heterocycles. The third kappa shape index (κ3) is 4.15. The Morgan fingerprint density at radius 1 is 0.889 bits per heavy atom. The summed E-state index contributed by atoms with van der Waals surface area (Å²) in [7, 11) is 0. The molecule has 0 bridgehead atoms. The van der Waals surface area contributed by atoms with Crippen molar-refractivity contribution in [1.82, 2.24) is 0 Å². The van der Waals surface area contributed by atoms with Crippen molar-refractivity contribution in [3.63, 3.8) is 0 Å². The summed E-state index contributed by atoms with van der Waals surface area (Å²) >= 11 is 0. The Kier molecular flexibility index (Phi) is 4.82. The van der Waals surface area contributed by atoms with E-state index in [0.29, 0.717) is 0 Å². The minimum absolute atomic E-state index is 0.237. The second-order valence-electron chi connectivity index (χ2n) is 4.11. The van der Waals surface area contributed by atoms with E-state index >= 15 is 0 Å². The van der Waals surface area contributed by atoms with Crippen LogP contribution in [0.15, 0.2) is 24.3 Å². The highest BCUT2D eigenvalue weighted by Crippen LogP contribution is 2.08. The van der Waals surface area contributed by atoms with Crippen LogP contribution in [0.25, 0.3) is 0 Å². The van der Waals surface area contributed by atoms with Gasteiger partial charge in [-0.15, -0.1) is 0 Å². The number of carbonyl (C=O) groups is 2. The van der Waals surface area contributed by atoms with E-state index in [1.165, 1.54) is 0 Å². The Hall–Kier alpha value is -1.92. The predicted octanol–water partition coefficient (Wildman–Crippen LogP) is -0.405. The Morgan fingerprint density at radius 3 is 1.39 bits per heavy atom. The van der Waals surface area contributed by atoms with E-state index < -0.39 is 24.0 Å². The third-order valence-corrected chi connectivity index (χ3v) is 2.57. The zero-order valence-electron chi connectivity index (χ0n) is 9.74. The summed E-state index contributed by atoms with van der Waals surface area (Å²) in [6.45, 7) is 0. The molecule has 0 aliphatic rings. The van der Waals surface area contributed by atoms with Gasteiger partial charge >= 0.3 is 11.9 Å². The van der Waals surface area contributed by atoms with Crippen LogP contribution in [0.2, 0.25) is 0 Å². The first-order chi connectivity index (χ1) is 8.40. The second-order valence-corrected chi connectivity index (χ2v) is 4.11. The summed E-state index contributed by atoms with van der Waals surface area (Å²) in [6, 6.07) is 5.05. The number of carboxylic acids is 2. The molecule has 1 aromatic carbocycles. The number of carboxylic acid groups (broad SMARTS) is 2. The van der Waals surface area contributed by atoms with Crippen molar-refractivity contribution in [3.05, 3.63) is 35.4 Å². The Morgan fingerprint density at radius 2 is 1.17 bits per heavy atom. The molecule has 0 radical (unpaired) electrons. The zero-order valence-corrected chi connectivity index (χ0v) is 9.74. The van der Waals surface area contributed by atoms with Gasteiger partial charge in [-0.05, 0) is 24.0 Å². The molecule has 0 saturated carbocycles. The standard InChI is InChI=1S/C12H16N2O4/c13-9(11(15)16)5-7-1-2-8(4-3-7)6-10(14)12(17)18/h1-4,9-10H,5-6,13-14H2,(H,15,16)(H,17,18). The lowest BCUT2D eigenvalue weighted by Gasteiger charge is -2.09. The SMILES string of the molecule is NC(Cc1ccc(CC(N)C(=O)O)cc1)C(=O)O. The number of nitrogens with two attached hydrogens (primary N) is 2. The lowest BCUT2D eigenvalue weighted by molar-refractivity contribution is -0.139. The van der Waals surface area contributed by atoms with Gasteiger partial charge in [-0.2, -0.15) is 0 Å². The van der Waals surface area contributed by atoms with Crippen LogP contribution >= 0.6 is 0 Å². The topological polar surface area (TPSA) is 127 Å². The Bertz CT molecular complexity index is 389. The summed E-state index contributed by atoms with van der Waals surface area (Å²) in [6.07, 6.45) is 0.473. The van der Waals surface area contributed by atoms with E-state index in [0.717, 1.165) is 11.1 Å². The minimum Gasteiger partial charge on any atom is -0.480 e. The number of benzene rings is 1. The molecule has 0 amide bonds. The molecule has 2 atom stereocenters. The first-order valence-corrected chi connectivity index (χ1v) is 5.44. The van der Waals surface area contributed by atoms with Crippen LogP contribution in [-0.4, -0.2) is 34.2 Å². The maximum Gasteiger partial charge on any atom is 0.320 e. The molecule has 0 fully saturated rings. The molecule has 0 aliphatic carbocycles. The van der Waals surface area contributed by atoms with Crippen LogP contribution in [0, 0.1) is 0 Å². The molecular formula is C12H16N2O4. The fourth-order valence-corrected chi connectivity index (χ4v) is 1.49. The summed E-state index contributed by atoms with van der Waals surface area (Å²) in [5.41, 5.74) is 12.4. The monoisotopic (exact) mass is 252 g/mol. The van der Waals surface area contributed by atoms with Crippen molar-refractivity contribution < 1.29 is 19.8 Å². The molecule has 0 heterocycles. The van der Waals surface area contributed by atoms with Crippen LogP contribution in [0.5, 0.6) is 0 Å².